The molecule has 4 heteroatoms. The second-order valence-corrected chi connectivity index (χ2v) is 5.24. The predicted octanol–water partition coefficient (Wildman–Crippen LogP) is 2.22. The zero-order chi connectivity index (χ0) is 14.0. The van der Waals surface area contributed by atoms with Crippen molar-refractivity contribution in [3.63, 3.8) is 0 Å². The van der Waals surface area contributed by atoms with E-state index in [1.54, 1.807) is 0 Å². The monoisotopic (exact) mass is 262 g/mol. The van der Waals surface area contributed by atoms with Crippen LogP contribution in [0.4, 0.5) is 11.4 Å². The number of nitrogen functional groups attached to an aromatic ring is 1. The first kappa shape index (κ1) is 13.7. The molecule has 1 aromatic rings. The van der Waals surface area contributed by atoms with Crippen molar-refractivity contribution in [1.82, 2.24) is 0 Å². The average molecular weight is 262 g/mol. The van der Waals surface area contributed by atoms with Gasteiger partial charge in [0.05, 0.1) is 13.0 Å². The lowest BCUT2D eigenvalue weighted by molar-refractivity contribution is -0.145. The van der Waals surface area contributed by atoms with Crippen LogP contribution in [0.25, 0.3) is 0 Å². The van der Waals surface area contributed by atoms with Gasteiger partial charge in [-0.1, -0.05) is 0 Å². The van der Waals surface area contributed by atoms with Crippen molar-refractivity contribution in [2.45, 2.75) is 32.7 Å². The van der Waals surface area contributed by atoms with Gasteiger partial charge in [-0.25, -0.2) is 0 Å². The van der Waals surface area contributed by atoms with E-state index in [0.717, 1.165) is 25.1 Å². The topological polar surface area (TPSA) is 55.6 Å². The molecule has 104 valence electrons. The number of hydrogen-bond donors (Lipinski definition) is 1. The van der Waals surface area contributed by atoms with Crippen LogP contribution in [-0.2, 0) is 16.0 Å². The third-order valence-corrected chi connectivity index (χ3v) is 4.05. The van der Waals surface area contributed by atoms with Crippen LogP contribution in [0, 0.1) is 5.92 Å². The third kappa shape index (κ3) is 2.67. The Morgan fingerprint density at radius 1 is 1.42 bits per heavy atom. The summed E-state index contributed by atoms with van der Waals surface area (Å²) in [5.41, 5.74) is 9.11. The molecule has 1 aromatic carbocycles. The van der Waals surface area contributed by atoms with Crippen molar-refractivity contribution in [1.29, 1.82) is 0 Å². The zero-order valence-corrected chi connectivity index (χ0v) is 11.8. The SMILES string of the molecule is COC(=O)C(C)C(C)N1CCCc2cc(N)ccc21. The highest BCUT2D eigenvalue weighted by Crippen LogP contribution is 2.32. The molecule has 2 rings (SSSR count). The molecule has 1 aliphatic rings. The molecule has 0 bridgehead atoms. The summed E-state index contributed by atoms with van der Waals surface area (Å²) in [7, 11) is 1.44. The van der Waals surface area contributed by atoms with Crippen molar-refractivity contribution in [3.05, 3.63) is 23.8 Å². The third-order valence-electron chi connectivity index (χ3n) is 4.05. The molecule has 0 aliphatic carbocycles. The summed E-state index contributed by atoms with van der Waals surface area (Å²) in [5.74, 6) is -0.302. The summed E-state index contributed by atoms with van der Waals surface area (Å²) in [4.78, 5) is 14.0. The molecule has 0 saturated carbocycles. The van der Waals surface area contributed by atoms with Crippen molar-refractivity contribution in [2.24, 2.45) is 5.92 Å². The maximum absolute atomic E-state index is 11.7. The van der Waals surface area contributed by atoms with Gasteiger partial charge in [0.15, 0.2) is 0 Å². The number of hydrogen-bond acceptors (Lipinski definition) is 4. The molecule has 2 unspecified atom stereocenters. The average Bonchev–Trinajstić information content (AvgIpc) is 2.43. The molecule has 2 N–H and O–H groups in total. The van der Waals surface area contributed by atoms with Crippen LogP contribution in [0.2, 0.25) is 0 Å². The van der Waals surface area contributed by atoms with Crippen LogP contribution in [0.5, 0.6) is 0 Å². The first-order valence-electron chi connectivity index (χ1n) is 6.77. The first-order valence-corrected chi connectivity index (χ1v) is 6.77. The van der Waals surface area contributed by atoms with E-state index in [1.807, 2.05) is 19.1 Å². The maximum atomic E-state index is 11.7. The fraction of sp³-hybridized carbons (Fsp3) is 0.533. The number of benzene rings is 1. The molecule has 19 heavy (non-hydrogen) atoms. The van der Waals surface area contributed by atoms with Crippen molar-refractivity contribution in [3.8, 4) is 0 Å². The molecule has 0 fully saturated rings. The molecule has 0 aromatic heterocycles. The van der Waals surface area contributed by atoms with E-state index in [0.29, 0.717) is 0 Å². The van der Waals surface area contributed by atoms with Gasteiger partial charge in [-0.15, -0.1) is 0 Å². The van der Waals surface area contributed by atoms with E-state index in [-0.39, 0.29) is 17.9 Å². The summed E-state index contributed by atoms with van der Waals surface area (Å²) in [6.07, 6.45) is 2.14. The Bertz CT molecular complexity index is 473. The lowest BCUT2D eigenvalue weighted by Gasteiger charge is -2.38. The van der Waals surface area contributed by atoms with Crippen LogP contribution in [0.3, 0.4) is 0 Å². The summed E-state index contributed by atoms with van der Waals surface area (Å²) < 4.78 is 4.85. The van der Waals surface area contributed by atoms with E-state index < -0.39 is 0 Å². The predicted molar refractivity (Wildman–Crippen MR) is 77.2 cm³/mol. The number of rotatable bonds is 3. The molecule has 4 nitrogen and oxygen atoms in total. The van der Waals surface area contributed by atoms with Gasteiger partial charge in [-0.05, 0) is 50.5 Å². The standard InChI is InChI=1S/C15H22N2O2/c1-10(15(18)19-3)11(2)17-8-4-5-12-9-13(16)6-7-14(12)17/h6-7,9-11H,4-5,8,16H2,1-3H3. The number of fused-ring (bicyclic) bond motifs is 1. The quantitative estimate of drug-likeness (QED) is 0.670. The minimum absolute atomic E-state index is 0.120. The molecule has 1 aliphatic heterocycles. The summed E-state index contributed by atoms with van der Waals surface area (Å²) in [6, 6.07) is 6.14. The zero-order valence-electron chi connectivity index (χ0n) is 11.8. The largest absolute Gasteiger partial charge is 0.469 e. The number of carbonyl (C=O) groups is 1. The highest BCUT2D eigenvalue weighted by atomic mass is 16.5. The number of carbonyl (C=O) groups excluding carboxylic acids is 1. The van der Waals surface area contributed by atoms with Crippen molar-refractivity contribution in [2.75, 3.05) is 24.3 Å². The first-order chi connectivity index (χ1) is 9.04. The van der Waals surface area contributed by atoms with E-state index in [9.17, 15) is 4.79 Å². The van der Waals surface area contributed by atoms with Gasteiger partial charge < -0.3 is 15.4 Å². The molecule has 0 radical (unpaired) electrons. The van der Waals surface area contributed by atoms with Gasteiger partial charge in [0, 0.05) is 24.0 Å². The van der Waals surface area contributed by atoms with Gasteiger partial charge >= 0.3 is 5.97 Å². The van der Waals surface area contributed by atoms with Crippen LogP contribution in [0.15, 0.2) is 18.2 Å². The lowest BCUT2D eigenvalue weighted by Crippen LogP contribution is -2.43. The summed E-state index contributed by atoms with van der Waals surface area (Å²) >= 11 is 0. The smallest absolute Gasteiger partial charge is 0.310 e. The minimum atomic E-state index is -0.157. The molecule has 0 spiro atoms. The van der Waals surface area contributed by atoms with E-state index in [1.165, 1.54) is 18.4 Å². The van der Waals surface area contributed by atoms with Crippen molar-refractivity contribution < 1.29 is 9.53 Å². The minimum Gasteiger partial charge on any atom is -0.469 e. The Hall–Kier alpha value is -1.71. The number of aryl methyl sites for hydroxylation is 1. The Morgan fingerprint density at radius 3 is 2.84 bits per heavy atom. The van der Waals surface area contributed by atoms with E-state index >= 15 is 0 Å². The Balaban J connectivity index is 2.25. The molecule has 1 heterocycles. The number of methoxy groups -OCH3 is 1. The van der Waals surface area contributed by atoms with Crippen LogP contribution in [-0.4, -0.2) is 25.7 Å². The van der Waals surface area contributed by atoms with Crippen LogP contribution >= 0.6 is 0 Å². The summed E-state index contributed by atoms with van der Waals surface area (Å²) in [5, 5.41) is 0. The number of ether oxygens (including phenoxy) is 1. The lowest BCUT2D eigenvalue weighted by atomic mass is 9.95. The Kier molecular flexibility index (Phi) is 3.98. The Morgan fingerprint density at radius 2 is 2.16 bits per heavy atom. The molecule has 2 atom stereocenters. The van der Waals surface area contributed by atoms with E-state index in [2.05, 4.69) is 17.9 Å². The highest BCUT2D eigenvalue weighted by Gasteiger charge is 2.29. The number of nitrogens with zero attached hydrogens (tertiary/aromatic N) is 1. The van der Waals surface area contributed by atoms with Crippen LogP contribution < -0.4 is 10.6 Å². The van der Waals surface area contributed by atoms with Gasteiger partial charge in [0.25, 0.3) is 0 Å². The molecule has 0 saturated heterocycles. The molecular weight excluding hydrogens is 240 g/mol. The van der Waals surface area contributed by atoms with E-state index in [4.69, 9.17) is 10.5 Å². The van der Waals surface area contributed by atoms with Gasteiger partial charge in [-0.3, -0.25) is 4.79 Å². The van der Waals surface area contributed by atoms with Gasteiger partial charge in [0.1, 0.15) is 0 Å². The van der Waals surface area contributed by atoms with Crippen LogP contribution in [0.1, 0.15) is 25.8 Å². The van der Waals surface area contributed by atoms with Gasteiger partial charge in [-0.2, -0.15) is 0 Å². The maximum Gasteiger partial charge on any atom is 0.310 e. The number of esters is 1. The molecular formula is C15H22N2O2. The van der Waals surface area contributed by atoms with Gasteiger partial charge in [0.2, 0.25) is 0 Å². The second-order valence-electron chi connectivity index (χ2n) is 5.24. The highest BCUT2D eigenvalue weighted by molar-refractivity contribution is 5.74. The second kappa shape index (κ2) is 5.51. The Labute approximate surface area is 114 Å². The molecule has 0 amide bonds. The summed E-state index contributed by atoms with van der Waals surface area (Å²) in [6.45, 7) is 4.97. The number of anilines is 2. The fourth-order valence-electron chi connectivity index (χ4n) is 2.72. The number of nitrogens with two attached hydrogens (primary N) is 1. The fourth-order valence-corrected chi connectivity index (χ4v) is 2.72. The normalized spacial score (nSPS) is 17.5. The van der Waals surface area contributed by atoms with Crippen molar-refractivity contribution >= 4 is 17.3 Å².